The average molecular weight is 351 g/mol. The van der Waals surface area contributed by atoms with Crippen molar-refractivity contribution in [2.75, 3.05) is 25.9 Å². The third kappa shape index (κ3) is 4.81. The summed E-state index contributed by atoms with van der Waals surface area (Å²) in [5, 5.41) is 0. The van der Waals surface area contributed by atoms with E-state index in [0.717, 1.165) is 10.5 Å². The topological polar surface area (TPSA) is 63.4 Å². The maximum Gasteiger partial charge on any atom is 0.243 e. The number of hydrogen-bond donors (Lipinski definition) is 1. The molecular formula is C17H22N2O2S2. The van der Waals surface area contributed by atoms with Crippen LogP contribution in [0, 0.1) is 0 Å². The largest absolute Gasteiger partial charge is 0.329 e. The molecule has 0 radical (unpaired) electrons. The maximum atomic E-state index is 12.9. The molecule has 0 spiro atoms. The highest BCUT2D eigenvalue weighted by atomic mass is 32.2. The van der Waals surface area contributed by atoms with Crippen molar-refractivity contribution in [2.45, 2.75) is 16.2 Å². The Labute approximate surface area is 142 Å². The zero-order chi connectivity index (χ0) is 16.7. The normalized spacial score (nSPS) is 11.8. The van der Waals surface area contributed by atoms with Crippen LogP contribution in [-0.4, -0.2) is 38.6 Å². The Morgan fingerprint density at radius 1 is 1.04 bits per heavy atom. The predicted octanol–water partition coefficient (Wildman–Crippen LogP) is 2.60. The Morgan fingerprint density at radius 2 is 1.78 bits per heavy atom. The van der Waals surface area contributed by atoms with Crippen LogP contribution in [0.15, 0.2) is 64.4 Å². The lowest BCUT2D eigenvalue weighted by Crippen LogP contribution is -2.36. The summed E-state index contributed by atoms with van der Waals surface area (Å²) in [5.41, 5.74) is 6.73. The minimum atomic E-state index is -3.53. The SMILES string of the molecule is CSc1cccc(S(=O)(=O)N(CCN)CCc2ccccc2)c1. The molecular weight excluding hydrogens is 328 g/mol. The Balaban J connectivity index is 2.20. The predicted molar refractivity (Wildman–Crippen MR) is 96.2 cm³/mol. The van der Waals surface area contributed by atoms with Gasteiger partial charge in [0.15, 0.2) is 0 Å². The van der Waals surface area contributed by atoms with E-state index in [2.05, 4.69) is 0 Å². The van der Waals surface area contributed by atoms with Crippen LogP contribution in [0.2, 0.25) is 0 Å². The van der Waals surface area contributed by atoms with Crippen LogP contribution in [0.1, 0.15) is 5.56 Å². The number of sulfonamides is 1. The van der Waals surface area contributed by atoms with Gasteiger partial charge in [0.1, 0.15) is 0 Å². The smallest absolute Gasteiger partial charge is 0.243 e. The van der Waals surface area contributed by atoms with Crippen LogP contribution < -0.4 is 5.73 Å². The lowest BCUT2D eigenvalue weighted by Gasteiger charge is -2.22. The summed E-state index contributed by atoms with van der Waals surface area (Å²) in [7, 11) is -3.53. The fourth-order valence-corrected chi connectivity index (χ4v) is 4.34. The first-order chi connectivity index (χ1) is 11.1. The summed E-state index contributed by atoms with van der Waals surface area (Å²) >= 11 is 1.53. The van der Waals surface area contributed by atoms with Crippen LogP contribution in [0.5, 0.6) is 0 Å². The summed E-state index contributed by atoms with van der Waals surface area (Å²) < 4.78 is 27.2. The highest BCUT2D eigenvalue weighted by Gasteiger charge is 2.23. The van der Waals surface area contributed by atoms with Gasteiger partial charge < -0.3 is 5.73 Å². The molecule has 0 atom stereocenters. The van der Waals surface area contributed by atoms with E-state index in [4.69, 9.17) is 5.73 Å². The molecule has 0 fully saturated rings. The van der Waals surface area contributed by atoms with Gasteiger partial charge in [-0.05, 0) is 36.4 Å². The van der Waals surface area contributed by atoms with E-state index in [1.807, 2.05) is 42.7 Å². The molecule has 2 aromatic rings. The molecule has 0 aromatic heterocycles. The van der Waals surface area contributed by atoms with Gasteiger partial charge in [0.25, 0.3) is 0 Å². The summed E-state index contributed by atoms with van der Waals surface area (Å²) in [5.74, 6) is 0. The van der Waals surface area contributed by atoms with Crippen molar-refractivity contribution >= 4 is 21.8 Å². The monoisotopic (exact) mass is 350 g/mol. The molecule has 0 aliphatic rings. The molecule has 0 heterocycles. The zero-order valence-corrected chi connectivity index (χ0v) is 14.8. The molecule has 2 rings (SSSR count). The second-order valence-corrected chi connectivity index (χ2v) is 7.92. The van der Waals surface area contributed by atoms with E-state index < -0.39 is 10.0 Å². The molecule has 124 valence electrons. The van der Waals surface area contributed by atoms with Crippen molar-refractivity contribution < 1.29 is 8.42 Å². The lowest BCUT2D eigenvalue weighted by atomic mass is 10.1. The molecule has 23 heavy (non-hydrogen) atoms. The van der Waals surface area contributed by atoms with Crippen LogP contribution >= 0.6 is 11.8 Å². The second-order valence-electron chi connectivity index (χ2n) is 5.11. The van der Waals surface area contributed by atoms with Crippen LogP contribution in [0.25, 0.3) is 0 Å². The van der Waals surface area contributed by atoms with Gasteiger partial charge in [-0.1, -0.05) is 36.4 Å². The number of rotatable bonds is 8. The van der Waals surface area contributed by atoms with E-state index in [9.17, 15) is 8.42 Å². The molecule has 0 aliphatic carbocycles. The van der Waals surface area contributed by atoms with Crippen LogP contribution in [-0.2, 0) is 16.4 Å². The molecule has 2 aromatic carbocycles. The van der Waals surface area contributed by atoms with Gasteiger partial charge in [-0.25, -0.2) is 8.42 Å². The Morgan fingerprint density at radius 3 is 2.43 bits per heavy atom. The molecule has 0 saturated carbocycles. The molecule has 0 aliphatic heterocycles. The van der Waals surface area contributed by atoms with Crippen LogP contribution in [0.4, 0.5) is 0 Å². The van der Waals surface area contributed by atoms with E-state index in [0.29, 0.717) is 31.0 Å². The number of nitrogens with zero attached hydrogens (tertiary/aromatic N) is 1. The van der Waals surface area contributed by atoms with Crippen molar-refractivity contribution in [3.63, 3.8) is 0 Å². The number of thioether (sulfide) groups is 1. The molecule has 4 nitrogen and oxygen atoms in total. The highest BCUT2D eigenvalue weighted by molar-refractivity contribution is 7.98. The van der Waals surface area contributed by atoms with E-state index in [1.54, 1.807) is 18.2 Å². The zero-order valence-electron chi connectivity index (χ0n) is 13.2. The summed E-state index contributed by atoms with van der Waals surface area (Å²) in [6.07, 6.45) is 2.60. The van der Waals surface area contributed by atoms with Gasteiger partial charge in [-0.2, -0.15) is 4.31 Å². The van der Waals surface area contributed by atoms with Gasteiger partial charge in [-0.3, -0.25) is 0 Å². The highest BCUT2D eigenvalue weighted by Crippen LogP contribution is 2.22. The Kier molecular flexibility index (Phi) is 6.65. The van der Waals surface area contributed by atoms with E-state index >= 15 is 0 Å². The van der Waals surface area contributed by atoms with Gasteiger partial charge in [0, 0.05) is 24.5 Å². The van der Waals surface area contributed by atoms with Crippen LogP contribution in [0.3, 0.4) is 0 Å². The van der Waals surface area contributed by atoms with Crippen molar-refractivity contribution in [1.82, 2.24) is 4.31 Å². The molecule has 0 saturated heterocycles. The van der Waals surface area contributed by atoms with Crippen molar-refractivity contribution in [3.8, 4) is 0 Å². The standard InChI is InChI=1S/C17H22N2O2S2/c1-22-16-8-5-9-17(14-16)23(20,21)19(13-11-18)12-10-15-6-3-2-4-7-15/h2-9,14H,10-13,18H2,1H3. The lowest BCUT2D eigenvalue weighted by molar-refractivity contribution is 0.421. The second kappa shape index (κ2) is 8.49. The number of benzene rings is 2. The average Bonchev–Trinajstić information content (AvgIpc) is 2.59. The first kappa shape index (κ1) is 18.0. The molecule has 0 unspecified atom stereocenters. The minimum absolute atomic E-state index is 0.302. The van der Waals surface area contributed by atoms with Gasteiger partial charge >= 0.3 is 0 Å². The number of hydrogen-bond acceptors (Lipinski definition) is 4. The minimum Gasteiger partial charge on any atom is -0.329 e. The third-order valence-corrected chi connectivity index (χ3v) is 6.17. The Hall–Kier alpha value is -1.34. The van der Waals surface area contributed by atoms with Crippen molar-refractivity contribution in [3.05, 3.63) is 60.2 Å². The first-order valence-electron chi connectivity index (χ1n) is 7.46. The van der Waals surface area contributed by atoms with E-state index in [-0.39, 0.29) is 0 Å². The van der Waals surface area contributed by atoms with Gasteiger partial charge in [0.2, 0.25) is 10.0 Å². The molecule has 0 amide bonds. The van der Waals surface area contributed by atoms with E-state index in [1.165, 1.54) is 16.1 Å². The first-order valence-corrected chi connectivity index (χ1v) is 10.1. The fraction of sp³-hybridized carbons (Fsp3) is 0.294. The summed E-state index contributed by atoms with van der Waals surface area (Å²) in [6, 6.07) is 16.9. The molecule has 0 bridgehead atoms. The van der Waals surface area contributed by atoms with Crippen molar-refractivity contribution in [2.24, 2.45) is 5.73 Å². The maximum absolute atomic E-state index is 12.9. The van der Waals surface area contributed by atoms with Crippen molar-refractivity contribution in [1.29, 1.82) is 0 Å². The number of nitrogens with two attached hydrogens (primary N) is 1. The molecule has 2 N–H and O–H groups in total. The quantitative estimate of drug-likeness (QED) is 0.743. The molecule has 6 heteroatoms. The fourth-order valence-electron chi connectivity index (χ4n) is 2.31. The van der Waals surface area contributed by atoms with Gasteiger partial charge in [0.05, 0.1) is 4.90 Å². The Bertz CT molecular complexity index is 718. The third-order valence-electron chi connectivity index (χ3n) is 3.55. The summed E-state index contributed by atoms with van der Waals surface area (Å²) in [4.78, 5) is 1.26. The summed E-state index contributed by atoms with van der Waals surface area (Å²) in [6.45, 7) is 1.04. The van der Waals surface area contributed by atoms with Gasteiger partial charge in [-0.15, -0.1) is 11.8 Å².